The molecule has 0 bridgehead atoms. The molecule has 1 aliphatic heterocycles. The molecule has 1 N–H and O–H groups in total. The number of imidazole rings is 1. The van der Waals surface area contributed by atoms with Crippen molar-refractivity contribution in [2.45, 2.75) is 38.3 Å². The first kappa shape index (κ1) is 14.5. The van der Waals surface area contributed by atoms with E-state index >= 15 is 0 Å². The van der Waals surface area contributed by atoms with E-state index in [9.17, 15) is 0 Å². The van der Waals surface area contributed by atoms with E-state index in [1.807, 2.05) is 11.7 Å². The number of hydrogen-bond donors (Lipinski definition) is 1. The van der Waals surface area contributed by atoms with Gasteiger partial charge in [0, 0.05) is 30.4 Å². The Hall–Kier alpha value is -0.910. The molecule has 2 aromatic rings. The predicted octanol–water partition coefficient (Wildman–Crippen LogP) is 2.96. The first-order chi connectivity index (χ1) is 8.93. The molecule has 2 aromatic heterocycles. The maximum absolute atomic E-state index is 4.43. The number of nitrogens with one attached hydrogen (secondary N) is 1. The van der Waals surface area contributed by atoms with Crippen molar-refractivity contribution in [1.29, 1.82) is 0 Å². The second-order valence-electron chi connectivity index (χ2n) is 4.78. The first-order valence-electron chi connectivity index (χ1n) is 6.56. The van der Waals surface area contributed by atoms with Crippen LogP contribution in [-0.2, 0) is 6.54 Å². The lowest BCUT2D eigenvalue weighted by Gasteiger charge is -2.17. The van der Waals surface area contributed by atoms with Gasteiger partial charge in [0.15, 0.2) is 5.82 Å². The molecule has 0 aliphatic carbocycles. The number of thiazole rings is 1. The number of aromatic nitrogens is 3. The summed E-state index contributed by atoms with van der Waals surface area (Å²) < 4.78 is 2.22. The van der Waals surface area contributed by atoms with Gasteiger partial charge >= 0.3 is 0 Å². The Balaban J connectivity index is 0.00000133. The average Bonchev–Trinajstić information content (AvgIpc) is 2.97. The Bertz CT molecular complexity index is 475. The van der Waals surface area contributed by atoms with Gasteiger partial charge in [-0.25, -0.2) is 9.97 Å². The van der Waals surface area contributed by atoms with Gasteiger partial charge in [0.2, 0.25) is 0 Å². The van der Waals surface area contributed by atoms with Gasteiger partial charge in [-0.2, -0.15) is 0 Å². The highest BCUT2D eigenvalue weighted by Crippen LogP contribution is 2.18. The normalized spacial score (nSPS) is 19.7. The summed E-state index contributed by atoms with van der Waals surface area (Å²) in [5.41, 5.74) is 2.84. The Morgan fingerprint density at radius 2 is 2.26 bits per heavy atom. The van der Waals surface area contributed by atoms with Crippen LogP contribution in [0.1, 0.15) is 25.7 Å². The standard InChI is InChI=1S/C13H18N4S.ClH/c1-2-4-11(14-5-3-1)8-17-7-6-15-13(17)12-9-18-10-16-12;/h6-7,9-11,14H,1-5,8H2;1H. The predicted molar refractivity (Wildman–Crippen MR) is 80.8 cm³/mol. The molecule has 0 radical (unpaired) electrons. The zero-order valence-corrected chi connectivity index (χ0v) is 12.4. The lowest BCUT2D eigenvalue weighted by molar-refractivity contribution is 0.446. The average molecular weight is 299 g/mol. The molecule has 3 heterocycles. The molecule has 3 rings (SSSR count). The molecule has 4 nitrogen and oxygen atoms in total. The molecular formula is C13H19ClN4S. The second-order valence-corrected chi connectivity index (χ2v) is 5.50. The first-order valence-corrected chi connectivity index (χ1v) is 7.51. The third kappa shape index (κ3) is 3.55. The van der Waals surface area contributed by atoms with E-state index in [1.54, 1.807) is 11.3 Å². The molecule has 1 unspecified atom stereocenters. The summed E-state index contributed by atoms with van der Waals surface area (Å²) in [6.07, 6.45) is 9.17. The van der Waals surface area contributed by atoms with Gasteiger partial charge < -0.3 is 9.88 Å². The van der Waals surface area contributed by atoms with Crippen molar-refractivity contribution in [1.82, 2.24) is 19.9 Å². The van der Waals surface area contributed by atoms with Gasteiger partial charge in [0.25, 0.3) is 0 Å². The van der Waals surface area contributed by atoms with Crippen molar-refractivity contribution in [2.24, 2.45) is 0 Å². The van der Waals surface area contributed by atoms with Crippen LogP contribution in [0.25, 0.3) is 11.5 Å². The Labute approximate surface area is 123 Å². The fourth-order valence-electron chi connectivity index (χ4n) is 2.51. The highest BCUT2D eigenvalue weighted by molar-refractivity contribution is 7.07. The molecule has 0 saturated carbocycles. The van der Waals surface area contributed by atoms with Crippen LogP contribution >= 0.6 is 23.7 Å². The summed E-state index contributed by atoms with van der Waals surface area (Å²) in [6.45, 7) is 2.14. The van der Waals surface area contributed by atoms with E-state index in [-0.39, 0.29) is 12.4 Å². The van der Waals surface area contributed by atoms with Crippen molar-refractivity contribution < 1.29 is 0 Å². The third-order valence-corrected chi connectivity index (χ3v) is 4.04. The molecule has 1 atom stereocenters. The van der Waals surface area contributed by atoms with Crippen LogP contribution in [-0.4, -0.2) is 27.1 Å². The molecule has 0 spiro atoms. The number of hydrogen-bond acceptors (Lipinski definition) is 4. The van der Waals surface area contributed by atoms with E-state index in [0.29, 0.717) is 6.04 Å². The SMILES string of the molecule is Cl.c1cn(CC2CCCCCN2)c(-c2cscn2)n1. The fraction of sp³-hybridized carbons (Fsp3) is 0.538. The van der Waals surface area contributed by atoms with Gasteiger partial charge in [-0.3, -0.25) is 0 Å². The molecule has 1 fully saturated rings. The molecular weight excluding hydrogens is 280 g/mol. The summed E-state index contributed by atoms with van der Waals surface area (Å²) in [5, 5.41) is 5.68. The lowest BCUT2D eigenvalue weighted by atomic mass is 10.1. The molecule has 104 valence electrons. The Morgan fingerprint density at radius 3 is 3.11 bits per heavy atom. The van der Waals surface area contributed by atoms with Gasteiger partial charge in [0.05, 0.1) is 5.51 Å². The van der Waals surface area contributed by atoms with Crippen LogP contribution in [0.4, 0.5) is 0 Å². The van der Waals surface area contributed by atoms with E-state index < -0.39 is 0 Å². The van der Waals surface area contributed by atoms with E-state index in [1.165, 1.54) is 25.7 Å². The van der Waals surface area contributed by atoms with E-state index in [4.69, 9.17) is 0 Å². The topological polar surface area (TPSA) is 42.7 Å². The van der Waals surface area contributed by atoms with Crippen molar-refractivity contribution in [3.8, 4) is 11.5 Å². The highest BCUT2D eigenvalue weighted by Gasteiger charge is 2.15. The van der Waals surface area contributed by atoms with Crippen molar-refractivity contribution in [3.05, 3.63) is 23.3 Å². The molecule has 6 heteroatoms. The quantitative estimate of drug-likeness (QED) is 0.947. The monoisotopic (exact) mass is 298 g/mol. The van der Waals surface area contributed by atoms with Crippen molar-refractivity contribution in [2.75, 3.05) is 6.54 Å². The molecule has 0 amide bonds. The number of rotatable bonds is 3. The highest BCUT2D eigenvalue weighted by atomic mass is 35.5. The van der Waals surface area contributed by atoms with Gasteiger partial charge in [-0.1, -0.05) is 12.8 Å². The zero-order chi connectivity index (χ0) is 12.2. The summed E-state index contributed by atoms with van der Waals surface area (Å²) >= 11 is 1.62. The largest absolute Gasteiger partial charge is 0.328 e. The zero-order valence-electron chi connectivity index (χ0n) is 10.8. The van der Waals surface area contributed by atoms with Crippen LogP contribution in [0.5, 0.6) is 0 Å². The van der Waals surface area contributed by atoms with Crippen LogP contribution in [0.3, 0.4) is 0 Å². The van der Waals surface area contributed by atoms with Crippen LogP contribution in [0, 0.1) is 0 Å². The van der Waals surface area contributed by atoms with Crippen molar-refractivity contribution in [3.63, 3.8) is 0 Å². The van der Waals surface area contributed by atoms with E-state index in [0.717, 1.165) is 24.6 Å². The summed E-state index contributed by atoms with van der Waals surface area (Å²) in [4.78, 5) is 8.77. The summed E-state index contributed by atoms with van der Waals surface area (Å²) in [7, 11) is 0. The fourth-order valence-corrected chi connectivity index (χ4v) is 3.04. The molecule has 19 heavy (non-hydrogen) atoms. The minimum absolute atomic E-state index is 0. The molecule has 1 aliphatic rings. The smallest absolute Gasteiger partial charge is 0.159 e. The third-order valence-electron chi connectivity index (χ3n) is 3.46. The van der Waals surface area contributed by atoms with E-state index in [2.05, 4.69) is 31.4 Å². The van der Waals surface area contributed by atoms with Gasteiger partial charge in [-0.05, 0) is 19.4 Å². The minimum Gasteiger partial charge on any atom is -0.328 e. The van der Waals surface area contributed by atoms with Crippen LogP contribution in [0.2, 0.25) is 0 Å². The number of halogens is 1. The summed E-state index contributed by atoms with van der Waals surface area (Å²) in [6, 6.07) is 0.569. The second kappa shape index (κ2) is 7.03. The molecule has 1 saturated heterocycles. The summed E-state index contributed by atoms with van der Waals surface area (Å²) in [5.74, 6) is 0.988. The van der Waals surface area contributed by atoms with Gasteiger partial charge in [-0.15, -0.1) is 23.7 Å². The van der Waals surface area contributed by atoms with Crippen LogP contribution < -0.4 is 5.32 Å². The van der Waals surface area contributed by atoms with Crippen molar-refractivity contribution >= 4 is 23.7 Å². The molecule has 0 aromatic carbocycles. The van der Waals surface area contributed by atoms with Crippen LogP contribution in [0.15, 0.2) is 23.3 Å². The maximum Gasteiger partial charge on any atom is 0.159 e. The number of nitrogens with zero attached hydrogens (tertiary/aromatic N) is 3. The lowest BCUT2D eigenvalue weighted by Crippen LogP contribution is -2.32. The maximum atomic E-state index is 4.43. The van der Waals surface area contributed by atoms with Gasteiger partial charge in [0.1, 0.15) is 5.69 Å². The Kier molecular flexibility index (Phi) is 5.36. The minimum atomic E-state index is 0. The Morgan fingerprint density at radius 1 is 1.32 bits per heavy atom.